The number of ketones is 1. The maximum Gasteiger partial charge on any atom is 0.271 e. The third-order valence-electron chi connectivity index (χ3n) is 4.89. The highest BCUT2D eigenvalue weighted by atomic mass is 16.5. The van der Waals surface area contributed by atoms with Gasteiger partial charge in [-0.15, -0.1) is 0 Å². The van der Waals surface area contributed by atoms with Gasteiger partial charge in [-0.2, -0.15) is 5.26 Å². The molecule has 0 saturated carbocycles. The van der Waals surface area contributed by atoms with Crippen LogP contribution in [0.3, 0.4) is 0 Å². The molecule has 7 nitrogen and oxygen atoms in total. The number of nitriles is 1. The first kappa shape index (κ1) is 24.2. The van der Waals surface area contributed by atoms with Crippen LogP contribution in [0, 0.1) is 18.3 Å². The van der Waals surface area contributed by atoms with Crippen molar-refractivity contribution in [2.75, 3.05) is 13.2 Å². The van der Waals surface area contributed by atoms with E-state index in [0.717, 1.165) is 17.4 Å². The molecule has 0 spiro atoms. The molecular formula is C24H30N2O5. The molecule has 2 aromatic rings. The SMILES string of the molecule is CCCCOc1ccc(C(=O)c2c(C)c(C#N)c(=O)n(CCCOC(C)C)c2O)cc1. The fourth-order valence-corrected chi connectivity index (χ4v) is 3.15. The fraction of sp³-hybridized carbons (Fsp3) is 0.458. The summed E-state index contributed by atoms with van der Waals surface area (Å²) in [4.78, 5) is 25.8. The number of pyridine rings is 1. The van der Waals surface area contributed by atoms with Crippen LogP contribution in [0.4, 0.5) is 0 Å². The molecule has 0 bridgehead atoms. The first-order valence-corrected chi connectivity index (χ1v) is 10.6. The minimum atomic E-state index is -0.613. The normalized spacial score (nSPS) is 10.8. The van der Waals surface area contributed by atoms with Crippen molar-refractivity contribution in [3.63, 3.8) is 0 Å². The average Bonchev–Trinajstić information content (AvgIpc) is 2.74. The molecule has 7 heteroatoms. The number of hydrogen-bond donors (Lipinski definition) is 1. The van der Waals surface area contributed by atoms with Crippen LogP contribution < -0.4 is 10.3 Å². The van der Waals surface area contributed by atoms with Gasteiger partial charge < -0.3 is 14.6 Å². The number of ether oxygens (including phenoxy) is 2. The molecule has 0 saturated heterocycles. The maximum atomic E-state index is 13.2. The van der Waals surface area contributed by atoms with E-state index in [1.54, 1.807) is 24.3 Å². The van der Waals surface area contributed by atoms with Crippen LogP contribution in [0.1, 0.15) is 67.1 Å². The lowest BCUT2D eigenvalue weighted by Crippen LogP contribution is -2.27. The Hall–Kier alpha value is -3.11. The van der Waals surface area contributed by atoms with Crippen LogP contribution in [0.5, 0.6) is 11.6 Å². The van der Waals surface area contributed by atoms with Crippen LogP contribution in [-0.2, 0) is 11.3 Å². The number of unbranched alkanes of at least 4 members (excludes halogenated alkanes) is 1. The molecular weight excluding hydrogens is 396 g/mol. The first-order chi connectivity index (χ1) is 14.8. The molecule has 0 aliphatic heterocycles. The molecule has 0 amide bonds. The molecule has 166 valence electrons. The summed E-state index contributed by atoms with van der Waals surface area (Å²) >= 11 is 0. The van der Waals surface area contributed by atoms with E-state index in [-0.39, 0.29) is 29.3 Å². The van der Waals surface area contributed by atoms with Crippen LogP contribution >= 0.6 is 0 Å². The van der Waals surface area contributed by atoms with Gasteiger partial charge in [0.2, 0.25) is 5.88 Å². The Morgan fingerprint density at radius 3 is 2.45 bits per heavy atom. The summed E-state index contributed by atoms with van der Waals surface area (Å²) in [5.41, 5.74) is -0.296. The molecule has 0 fully saturated rings. The monoisotopic (exact) mass is 426 g/mol. The number of carbonyl (C=O) groups excluding carboxylic acids is 1. The summed E-state index contributed by atoms with van der Waals surface area (Å²) in [6, 6.07) is 8.49. The van der Waals surface area contributed by atoms with Crippen molar-refractivity contribution < 1.29 is 19.4 Å². The van der Waals surface area contributed by atoms with E-state index in [2.05, 4.69) is 6.92 Å². The standard InChI is InChI=1S/C24H30N2O5/c1-5-6-13-31-19-10-8-18(9-11-19)22(27)21-17(4)20(15-25)23(28)26(24(21)29)12-7-14-30-16(2)3/h8-11,16,29H,5-7,12-14H2,1-4H3. The molecule has 31 heavy (non-hydrogen) atoms. The number of nitrogens with zero attached hydrogens (tertiary/aromatic N) is 2. The first-order valence-electron chi connectivity index (χ1n) is 10.6. The Kier molecular flexibility index (Phi) is 8.83. The van der Waals surface area contributed by atoms with E-state index in [1.807, 2.05) is 19.9 Å². The lowest BCUT2D eigenvalue weighted by molar-refractivity contribution is 0.0743. The molecule has 1 aromatic carbocycles. The second kappa shape index (κ2) is 11.3. The highest BCUT2D eigenvalue weighted by molar-refractivity contribution is 6.11. The van der Waals surface area contributed by atoms with Crippen LogP contribution in [0.2, 0.25) is 0 Å². The Bertz CT molecular complexity index is 1000. The quantitative estimate of drug-likeness (QED) is 0.431. The summed E-state index contributed by atoms with van der Waals surface area (Å²) < 4.78 is 12.2. The summed E-state index contributed by atoms with van der Waals surface area (Å²) in [5, 5.41) is 20.3. The van der Waals surface area contributed by atoms with Gasteiger partial charge >= 0.3 is 0 Å². The number of carbonyl (C=O) groups is 1. The third kappa shape index (κ3) is 5.96. The van der Waals surface area contributed by atoms with Crippen LogP contribution in [0.15, 0.2) is 29.1 Å². The largest absolute Gasteiger partial charge is 0.494 e. The number of rotatable bonds is 11. The summed E-state index contributed by atoms with van der Waals surface area (Å²) in [6.07, 6.45) is 2.46. The molecule has 0 radical (unpaired) electrons. The molecule has 0 aliphatic carbocycles. The Morgan fingerprint density at radius 2 is 1.87 bits per heavy atom. The summed E-state index contributed by atoms with van der Waals surface area (Å²) in [5.74, 6) is -0.239. The van der Waals surface area contributed by atoms with E-state index >= 15 is 0 Å². The van der Waals surface area contributed by atoms with Gasteiger partial charge in [-0.25, -0.2) is 0 Å². The zero-order valence-corrected chi connectivity index (χ0v) is 18.6. The van der Waals surface area contributed by atoms with E-state index in [4.69, 9.17) is 9.47 Å². The minimum absolute atomic E-state index is 0.0411. The number of aromatic nitrogens is 1. The number of aromatic hydroxyl groups is 1. The molecule has 0 aliphatic rings. The van der Waals surface area contributed by atoms with Crippen molar-refractivity contribution in [3.8, 4) is 17.7 Å². The second-order valence-corrected chi connectivity index (χ2v) is 7.60. The van der Waals surface area contributed by atoms with Gasteiger partial charge in [0.25, 0.3) is 5.56 Å². The minimum Gasteiger partial charge on any atom is -0.494 e. The molecule has 1 heterocycles. The van der Waals surface area contributed by atoms with E-state index in [9.17, 15) is 20.0 Å². The highest BCUT2D eigenvalue weighted by Gasteiger charge is 2.24. The van der Waals surface area contributed by atoms with Gasteiger partial charge in [-0.05, 0) is 63.4 Å². The van der Waals surface area contributed by atoms with E-state index in [0.29, 0.717) is 30.9 Å². The zero-order valence-electron chi connectivity index (χ0n) is 18.6. The smallest absolute Gasteiger partial charge is 0.271 e. The lowest BCUT2D eigenvalue weighted by Gasteiger charge is -2.16. The van der Waals surface area contributed by atoms with Crippen molar-refractivity contribution >= 4 is 5.78 Å². The van der Waals surface area contributed by atoms with Gasteiger partial charge in [-0.1, -0.05) is 13.3 Å². The fourth-order valence-electron chi connectivity index (χ4n) is 3.15. The molecule has 0 unspecified atom stereocenters. The Labute approximate surface area is 182 Å². The molecule has 1 N–H and O–H groups in total. The van der Waals surface area contributed by atoms with Crippen molar-refractivity contribution in [1.29, 1.82) is 5.26 Å². The van der Waals surface area contributed by atoms with Crippen LogP contribution in [-0.4, -0.2) is 34.8 Å². The predicted molar refractivity (Wildman–Crippen MR) is 118 cm³/mol. The predicted octanol–water partition coefficient (Wildman–Crippen LogP) is 3.96. The van der Waals surface area contributed by atoms with E-state index < -0.39 is 17.2 Å². The van der Waals surface area contributed by atoms with Gasteiger partial charge in [0, 0.05) is 18.7 Å². The van der Waals surface area contributed by atoms with Gasteiger partial charge in [0.05, 0.1) is 18.3 Å². The zero-order chi connectivity index (χ0) is 23.0. The van der Waals surface area contributed by atoms with Gasteiger partial charge in [0.1, 0.15) is 17.4 Å². The third-order valence-corrected chi connectivity index (χ3v) is 4.89. The van der Waals surface area contributed by atoms with Crippen LogP contribution in [0.25, 0.3) is 0 Å². The Balaban J connectivity index is 2.36. The highest BCUT2D eigenvalue weighted by Crippen LogP contribution is 2.26. The van der Waals surface area contributed by atoms with E-state index in [1.165, 1.54) is 6.92 Å². The van der Waals surface area contributed by atoms with Gasteiger partial charge in [-0.3, -0.25) is 14.2 Å². The number of hydrogen-bond acceptors (Lipinski definition) is 6. The molecule has 2 rings (SSSR count). The molecule has 0 atom stereocenters. The maximum absolute atomic E-state index is 13.2. The molecule has 1 aromatic heterocycles. The summed E-state index contributed by atoms with van der Waals surface area (Å²) in [7, 11) is 0. The van der Waals surface area contributed by atoms with Crippen molar-refractivity contribution in [2.24, 2.45) is 0 Å². The van der Waals surface area contributed by atoms with Crippen molar-refractivity contribution in [2.45, 2.75) is 59.6 Å². The topological polar surface area (TPSA) is 102 Å². The second-order valence-electron chi connectivity index (χ2n) is 7.60. The summed E-state index contributed by atoms with van der Waals surface area (Å²) in [6.45, 7) is 8.51. The van der Waals surface area contributed by atoms with Gasteiger partial charge in [0.15, 0.2) is 5.78 Å². The Morgan fingerprint density at radius 1 is 1.19 bits per heavy atom. The van der Waals surface area contributed by atoms with Crippen molar-refractivity contribution in [1.82, 2.24) is 4.57 Å². The average molecular weight is 427 g/mol. The van der Waals surface area contributed by atoms with Crippen molar-refractivity contribution in [3.05, 3.63) is 56.9 Å². The number of benzene rings is 1. The lowest BCUT2D eigenvalue weighted by atomic mass is 9.97.